The number of halogens is 1. The Morgan fingerprint density at radius 3 is 1.93 bits per heavy atom. The van der Waals surface area contributed by atoms with E-state index < -0.39 is 6.10 Å². The van der Waals surface area contributed by atoms with Crippen molar-refractivity contribution in [2.75, 3.05) is 20.6 Å². The highest BCUT2D eigenvalue weighted by Gasteiger charge is 2.31. The van der Waals surface area contributed by atoms with E-state index in [9.17, 15) is 5.11 Å². The van der Waals surface area contributed by atoms with Crippen molar-refractivity contribution in [1.29, 1.82) is 0 Å². The van der Waals surface area contributed by atoms with E-state index in [4.69, 9.17) is 0 Å². The van der Waals surface area contributed by atoms with Crippen LogP contribution in [0.1, 0.15) is 89.7 Å². The number of unbranched alkanes of at least 4 members (excludes halogenated alkanes) is 9. The number of rotatable bonds is 14. The Bertz CT molecular complexity index is 710. The SMILES string of the molecule is CCCCCCCCCCCC[N+](C)(C)C(C)C(O)c1cccc2ccccc12.[Br-]. The van der Waals surface area contributed by atoms with Crippen molar-refractivity contribution >= 4 is 10.8 Å². The van der Waals surface area contributed by atoms with Crippen molar-refractivity contribution in [2.45, 2.75) is 90.2 Å². The fourth-order valence-electron chi connectivity index (χ4n) is 4.36. The minimum absolute atomic E-state index is 0. The van der Waals surface area contributed by atoms with Gasteiger partial charge in [-0.15, -0.1) is 0 Å². The number of hydrogen-bond acceptors (Lipinski definition) is 1. The topological polar surface area (TPSA) is 20.2 Å². The maximum atomic E-state index is 11.2. The summed E-state index contributed by atoms with van der Waals surface area (Å²) in [4.78, 5) is 0. The lowest BCUT2D eigenvalue weighted by Crippen LogP contribution is -3.00. The molecule has 3 heteroatoms. The molecule has 1 N–H and O–H groups in total. The highest BCUT2D eigenvalue weighted by molar-refractivity contribution is 5.86. The molecule has 0 spiro atoms. The van der Waals surface area contributed by atoms with Gasteiger partial charge in [-0.05, 0) is 36.1 Å². The third kappa shape index (κ3) is 8.32. The average molecular weight is 479 g/mol. The van der Waals surface area contributed by atoms with Crippen LogP contribution in [0.4, 0.5) is 0 Å². The molecule has 170 valence electrons. The highest BCUT2D eigenvalue weighted by Crippen LogP contribution is 2.30. The second-order valence-electron chi connectivity index (χ2n) is 9.44. The maximum Gasteiger partial charge on any atom is 0.131 e. The Kier molecular flexibility index (Phi) is 12.9. The van der Waals surface area contributed by atoms with Crippen molar-refractivity contribution in [3.05, 3.63) is 48.0 Å². The van der Waals surface area contributed by atoms with Crippen molar-refractivity contribution < 1.29 is 26.6 Å². The third-order valence-electron chi connectivity index (χ3n) is 6.79. The van der Waals surface area contributed by atoms with E-state index in [0.29, 0.717) is 0 Å². The molecule has 0 aliphatic rings. The lowest BCUT2D eigenvalue weighted by atomic mass is 9.95. The van der Waals surface area contributed by atoms with E-state index in [-0.39, 0.29) is 23.0 Å². The molecule has 0 aromatic heterocycles. The molecule has 2 aromatic rings. The number of benzene rings is 2. The summed E-state index contributed by atoms with van der Waals surface area (Å²) in [6.45, 7) is 5.60. The number of hydrogen-bond donors (Lipinski definition) is 1. The fraction of sp³-hybridized carbons (Fsp3) is 0.630. The molecule has 2 aromatic carbocycles. The summed E-state index contributed by atoms with van der Waals surface area (Å²) in [7, 11) is 4.54. The standard InChI is InChI=1S/C27H44NO.BrH/c1-5-6-7-8-9-10-11-12-13-16-22-28(3,4)23(2)27(29)26-21-17-19-24-18-14-15-20-25(24)26;/h14-15,17-21,23,27,29H,5-13,16,22H2,1-4H3;1H/q+1;/p-1. The molecule has 0 heterocycles. The molecule has 2 unspecified atom stereocenters. The van der Waals surface area contributed by atoms with Gasteiger partial charge in [0.2, 0.25) is 0 Å². The van der Waals surface area contributed by atoms with E-state index in [1.54, 1.807) is 0 Å². The van der Waals surface area contributed by atoms with Crippen LogP contribution in [0, 0.1) is 0 Å². The summed E-state index contributed by atoms with van der Waals surface area (Å²) in [6.07, 6.45) is 13.2. The minimum Gasteiger partial charge on any atom is -1.00 e. The normalized spacial score (nSPS) is 13.8. The molecular formula is C27H44BrNO. The van der Waals surface area contributed by atoms with E-state index >= 15 is 0 Å². The van der Waals surface area contributed by atoms with Gasteiger partial charge < -0.3 is 26.6 Å². The molecule has 2 rings (SSSR count). The molecule has 0 saturated carbocycles. The molecule has 0 saturated heterocycles. The van der Waals surface area contributed by atoms with E-state index in [0.717, 1.165) is 16.6 Å². The molecule has 0 aliphatic heterocycles. The van der Waals surface area contributed by atoms with Gasteiger partial charge in [0.1, 0.15) is 12.1 Å². The predicted molar refractivity (Wildman–Crippen MR) is 127 cm³/mol. The fourth-order valence-corrected chi connectivity index (χ4v) is 4.36. The van der Waals surface area contributed by atoms with Gasteiger partial charge in [0, 0.05) is 0 Å². The first-order chi connectivity index (χ1) is 14.0. The van der Waals surface area contributed by atoms with Crippen LogP contribution >= 0.6 is 0 Å². The first-order valence-corrected chi connectivity index (χ1v) is 12.0. The lowest BCUT2D eigenvalue weighted by Gasteiger charge is -2.39. The van der Waals surface area contributed by atoms with Crippen LogP contribution in [0.25, 0.3) is 10.8 Å². The number of aliphatic hydroxyl groups is 1. The zero-order chi connectivity index (χ0) is 21.1. The molecule has 0 radical (unpaired) electrons. The summed E-state index contributed by atoms with van der Waals surface area (Å²) in [5, 5.41) is 13.5. The molecule has 0 amide bonds. The second-order valence-corrected chi connectivity index (χ2v) is 9.44. The Morgan fingerprint density at radius 2 is 1.30 bits per heavy atom. The van der Waals surface area contributed by atoms with Crippen LogP contribution in [0.15, 0.2) is 42.5 Å². The summed E-state index contributed by atoms with van der Waals surface area (Å²) < 4.78 is 0.863. The summed E-state index contributed by atoms with van der Waals surface area (Å²) in [5.41, 5.74) is 1.06. The molecule has 2 atom stereocenters. The summed E-state index contributed by atoms with van der Waals surface area (Å²) in [5.74, 6) is 0. The lowest BCUT2D eigenvalue weighted by molar-refractivity contribution is -0.917. The first kappa shape index (κ1) is 27.1. The van der Waals surface area contributed by atoms with Gasteiger partial charge in [0.15, 0.2) is 0 Å². The number of aliphatic hydroxyl groups excluding tert-OH is 1. The summed E-state index contributed by atoms with van der Waals surface area (Å²) in [6, 6.07) is 14.8. The van der Waals surface area contributed by atoms with Gasteiger partial charge in [-0.25, -0.2) is 0 Å². The Hall–Kier alpha value is -0.900. The van der Waals surface area contributed by atoms with Gasteiger partial charge in [0.25, 0.3) is 0 Å². The van der Waals surface area contributed by atoms with Crippen molar-refractivity contribution in [2.24, 2.45) is 0 Å². The zero-order valence-corrected chi connectivity index (χ0v) is 21.3. The summed E-state index contributed by atoms with van der Waals surface area (Å²) >= 11 is 0. The molecular weight excluding hydrogens is 434 g/mol. The van der Waals surface area contributed by atoms with Crippen LogP contribution in [-0.4, -0.2) is 36.3 Å². The van der Waals surface area contributed by atoms with Crippen LogP contribution in [0.5, 0.6) is 0 Å². The number of nitrogens with zero attached hydrogens (tertiary/aromatic N) is 1. The Morgan fingerprint density at radius 1 is 0.767 bits per heavy atom. The molecule has 0 bridgehead atoms. The molecule has 0 aliphatic carbocycles. The van der Waals surface area contributed by atoms with Crippen molar-refractivity contribution in [3.8, 4) is 0 Å². The van der Waals surface area contributed by atoms with Crippen LogP contribution in [-0.2, 0) is 0 Å². The van der Waals surface area contributed by atoms with Gasteiger partial charge in [0.05, 0.1) is 20.6 Å². The second kappa shape index (κ2) is 14.2. The predicted octanol–water partition coefficient (Wildman–Crippen LogP) is 4.26. The molecule has 2 nitrogen and oxygen atoms in total. The Balaban J connectivity index is 0.00000450. The first-order valence-electron chi connectivity index (χ1n) is 12.0. The zero-order valence-electron chi connectivity index (χ0n) is 19.7. The third-order valence-corrected chi connectivity index (χ3v) is 6.79. The monoisotopic (exact) mass is 477 g/mol. The van der Waals surface area contributed by atoms with Gasteiger partial charge >= 0.3 is 0 Å². The maximum absolute atomic E-state index is 11.2. The van der Waals surface area contributed by atoms with Crippen LogP contribution < -0.4 is 17.0 Å². The quantitative estimate of drug-likeness (QED) is 0.318. The van der Waals surface area contributed by atoms with E-state index in [1.165, 1.54) is 75.0 Å². The smallest absolute Gasteiger partial charge is 0.131 e. The van der Waals surface area contributed by atoms with E-state index in [2.05, 4.69) is 70.4 Å². The van der Waals surface area contributed by atoms with E-state index in [1.807, 2.05) is 0 Å². The largest absolute Gasteiger partial charge is 1.00 e. The van der Waals surface area contributed by atoms with Gasteiger partial charge in [-0.3, -0.25) is 0 Å². The van der Waals surface area contributed by atoms with Crippen LogP contribution in [0.3, 0.4) is 0 Å². The minimum atomic E-state index is -0.445. The number of likely N-dealkylation sites (N-methyl/N-ethyl adjacent to an activating group) is 1. The van der Waals surface area contributed by atoms with Crippen molar-refractivity contribution in [3.63, 3.8) is 0 Å². The number of quaternary nitrogens is 1. The van der Waals surface area contributed by atoms with Crippen molar-refractivity contribution in [1.82, 2.24) is 0 Å². The van der Waals surface area contributed by atoms with Crippen LogP contribution in [0.2, 0.25) is 0 Å². The van der Waals surface area contributed by atoms with Gasteiger partial charge in [-0.2, -0.15) is 0 Å². The number of fused-ring (bicyclic) bond motifs is 1. The van der Waals surface area contributed by atoms with Gasteiger partial charge in [-0.1, -0.05) is 101 Å². The average Bonchev–Trinajstić information content (AvgIpc) is 2.73. The highest BCUT2D eigenvalue weighted by atomic mass is 79.9. The molecule has 30 heavy (non-hydrogen) atoms. The molecule has 0 fully saturated rings. The Labute approximate surface area is 196 Å².